The van der Waals surface area contributed by atoms with E-state index in [1.54, 1.807) is 6.20 Å². The molecule has 1 aromatic carbocycles. The molecule has 2 aromatic rings. The molecule has 0 fully saturated rings. The number of aromatic hydroxyl groups is 1. The largest absolute Gasteiger partial charge is 0.507 e. The summed E-state index contributed by atoms with van der Waals surface area (Å²) in [6, 6.07) is 11.4. The van der Waals surface area contributed by atoms with Crippen LogP contribution in [-0.2, 0) is 0 Å². The maximum atomic E-state index is 10.3. The minimum absolute atomic E-state index is 0.279. The van der Waals surface area contributed by atoms with Gasteiger partial charge in [-0.3, -0.25) is 4.98 Å². The molecule has 2 rings (SSSR count). The summed E-state index contributed by atoms with van der Waals surface area (Å²) in [6.45, 7) is 8.15. The van der Waals surface area contributed by atoms with Gasteiger partial charge in [0.1, 0.15) is 5.75 Å². The molecule has 0 radical (unpaired) electrons. The van der Waals surface area contributed by atoms with E-state index in [9.17, 15) is 5.11 Å². The van der Waals surface area contributed by atoms with Crippen molar-refractivity contribution in [3.63, 3.8) is 0 Å². The highest BCUT2D eigenvalue weighted by Crippen LogP contribution is 2.34. The first kappa shape index (κ1) is 12.4. The van der Waals surface area contributed by atoms with Crippen LogP contribution in [0.4, 0.5) is 0 Å². The molecule has 1 heterocycles. The van der Waals surface area contributed by atoms with Gasteiger partial charge in [0, 0.05) is 17.3 Å². The number of hydrogen-bond acceptors (Lipinski definition) is 2. The quantitative estimate of drug-likeness (QED) is 0.879. The van der Waals surface area contributed by atoms with Crippen molar-refractivity contribution in [3.05, 3.63) is 66.0 Å². The van der Waals surface area contributed by atoms with Crippen molar-refractivity contribution in [3.8, 4) is 5.75 Å². The van der Waals surface area contributed by atoms with E-state index in [4.69, 9.17) is 0 Å². The number of phenolic OH excluding ortho intramolecular Hbond substituents is 1. The van der Waals surface area contributed by atoms with Gasteiger partial charge in [0.2, 0.25) is 0 Å². The fraction of sp³-hybridized carbons (Fsp3) is 0.188. The average molecular weight is 239 g/mol. The molecule has 0 bridgehead atoms. The lowest BCUT2D eigenvalue weighted by Crippen LogP contribution is -1.94. The molecule has 0 atom stereocenters. The van der Waals surface area contributed by atoms with Gasteiger partial charge in [-0.1, -0.05) is 44.7 Å². The van der Waals surface area contributed by atoms with Gasteiger partial charge < -0.3 is 5.11 Å². The van der Waals surface area contributed by atoms with Gasteiger partial charge in [-0.25, -0.2) is 0 Å². The Morgan fingerprint density at radius 2 is 1.94 bits per heavy atom. The Morgan fingerprint density at radius 1 is 1.17 bits per heavy atom. The number of rotatable bonds is 3. The molecule has 0 spiro atoms. The molecule has 0 amide bonds. The van der Waals surface area contributed by atoms with E-state index in [1.807, 2.05) is 36.4 Å². The Hall–Kier alpha value is -2.09. The topological polar surface area (TPSA) is 33.1 Å². The number of benzene rings is 1. The fourth-order valence-corrected chi connectivity index (χ4v) is 1.95. The lowest BCUT2D eigenvalue weighted by atomic mass is 9.95. The molecular weight excluding hydrogens is 222 g/mol. The van der Waals surface area contributed by atoms with Crippen LogP contribution in [0.3, 0.4) is 0 Å². The fourth-order valence-electron chi connectivity index (χ4n) is 1.95. The Kier molecular flexibility index (Phi) is 3.47. The van der Waals surface area contributed by atoms with Gasteiger partial charge in [0.05, 0.1) is 5.69 Å². The first-order valence-electron chi connectivity index (χ1n) is 6.04. The number of phenols is 1. The van der Waals surface area contributed by atoms with Crippen molar-refractivity contribution in [1.29, 1.82) is 0 Å². The van der Waals surface area contributed by atoms with Gasteiger partial charge in [0.15, 0.2) is 0 Å². The summed E-state index contributed by atoms with van der Waals surface area (Å²) < 4.78 is 0. The van der Waals surface area contributed by atoms with E-state index < -0.39 is 0 Å². The molecule has 0 aliphatic rings. The minimum Gasteiger partial charge on any atom is -0.507 e. The van der Waals surface area contributed by atoms with Gasteiger partial charge in [-0.2, -0.15) is 0 Å². The monoisotopic (exact) mass is 239 g/mol. The molecule has 2 heteroatoms. The van der Waals surface area contributed by atoms with Crippen LogP contribution in [0, 0.1) is 0 Å². The summed E-state index contributed by atoms with van der Waals surface area (Å²) in [5.41, 5.74) is 3.22. The van der Waals surface area contributed by atoms with Crippen LogP contribution >= 0.6 is 0 Å². The van der Waals surface area contributed by atoms with Gasteiger partial charge in [-0.15, -0.1) is 0 Å². The van der Waals surface area contributed by atoms with Crippen LogP contribution < -0.4 is 0 Å². The average Bonchev–Trinajstić information content (AvgIpc) is 2.39. The van der Waals surface area contributed by atoms with Crippen molar-refractivity contribution in [2.75, 3.05) is 0 Å². The summed E-state index contributed by atoms with van der Waals surface area (Å²) in [6.07, 6.45) is 1.73. The Balaban J connectivity index is 2.47. The van der Waals surface area contributed by atoms with E-state index in [2.05, 4.69) is 25.4 Å². The number of hydrogen-bond donors (Lipinski definition) is 1. The Bertz CT molecular complexity index is 559. The van der Waals surface area contributed by atoms with E-state index in [0.717, 1.165) is 22.4 Å². The summed E-state index contributed by atoms with van der Waals surface area (Å²) >= 11 is 0. The normalized spacial score (nSPS) is 10.6. The molecule has 2 nitrogen and oxygen atoms in total. The second-order valence-electron chi connectivity index (χ2n) is 4.59. The van der Waals surface area contributed by atoms with E-state index >= 15 is 0 Å². The lowest BCUT2D eigenvalue weighted by Gasteiger charge is -2.13. The SMILES string of the molecule is C=C(c1ccccn1)c1cccc(C(C)C)c1O. The third-order valence-electron chi connectivity index (χ3n) is 2.99. The zero-order valence-electron chi connectivity index (χ0n) is 10.7. The van der Waals surface area contributed by atoms with Crippen LogP contribution in [0.25, 0.3) is 5.57 Å². The van der Waals surface area contributed by atoms with Gasteiger partial charge >= 0.3 is 0 Å². The standard InChI is InChI=1S/C16H17NO/c1-11(2)13-7-6-8-14(16(13)18)12(3)15-9-4-5-10-17-15/h4-11,18H,3H2,1-2H3. The molecule has 0 saturated carbocycles. The maximum Gasteiger partial charge on any atom is 0.126 e. The zero-order chi connectivity index (χ0) is 13.1. The Morgan fingerprint density at radius 3 is 2.56 bits per heavy atom. The summed E-state index contributed by atoms with van der Waals surface area (Å²) in [4.78, 5) is 4.26. The molecule has 0 saturated heterocycles. The molecule has 1 aromatic heterocycles. The van der Waals surface area contributed by atoms with Gasteiger partial charge in [-0.05, 0) is 23.6 Å². The summed E-state index contributed by atoms with van der Waals surface area (Å²) in [5, 5.41) is 10.3. The van der Waals surface area contributed by atoms with E-state index in [1.165, 1.54) is 0 Å². The van der Waals surface area contributed by atoms with E-state index in [0.29, 0.717) is 5.75 Å². The predicted octanol–water partition coefficient (Wildman–Crippen LogP) is 3.97. The van der Waals surface area contributed by atoms with Crippen molar-refractivity contribution in [2.45, 2.75) is 19.8 Å². The molecule has 0 unspecified atom stereocenters. The third-order valence-corrected chi connectivity index (χ3v) is 2.99. The molecule has 1 N–H and O–H groups in total. The van der Waals surface area contributed by atoms with Crippen molar-refractivity contribution in [1.82, 2.24) is 4.98 Å². The van der Waals surface area contributed by atoms with Crippen LogP contribution in [-0.4, -0.2) is 10.1 Å². The zero-order valence-corrected chi connectivity index (χ0v) is 10.7. The third kappa shape index (κ3) is 2.28. The molecular formula is C16H17NO. The van der Waals surface area contributed by atoms with Crippen molar-refractivity contribution >= 4 is 5.57 Å². The number of nitrogens with zero attached hydrogens (tertiary/aromatic N) is 1. The van der Waals surface area contributed by atoms with Gasteiger partial charge in [0.25, 0.3) is 0 Å². The number of aromatic nitrogens is 1. The second-order valence-corrected chi connectivity index (χ2v) is 4.59. The highest BCUT2D eigenvalue weighted by Gasteiger charge is 2.13. The first-order chi connectivity index (χ1) is 8.61. The van der Waals surface area contributed by atoms with Crippen LogP contribution in [0.15, 0.2) is 49.2 Å². The lowest BCUT2D eigenvalue weighted by molar-refractivity contribution is 0.463. The smallest absolute Gasteiger partial charge is 0.126 e. The van der Waals surface area contributed by atoms with E-state index in [-0.39, 0.29) is 5.92 Å². The van der Waals surface area contributed by atoms with Crippen LogP contribution in [0.1, 0.15) is 36.6 Å². The second kappa shape index (κ2) is 5.05. The van der Waals surface area contributed by atoms with Crippen molar-refractivity contribution < 1.29 is 5.11 Å². The highest BCUT2D eigenvalue weighted by molar-refractivity contribution is 5.80. The summed E-state index contributed by atoms with van der Waals surface area (Å²) in [5.74, 6) is 0.588. The number of para-hydroxylation sites is 1. The maximum absolute atomic E-state index is 10.3. The molecule has 0 aliphatic heterocycles. The minimum atomic E-state index is 0.279. The molecule has 0 aliphatic carbocycles. The highest BCUT2D eigenvalue weighted by atomic mass is 16.3. The van der Waals surface area contributed by atoms with Crippen LogP contribution in [0.2, 0.25) is 0 Å². The van der Waals surface area contributed by atoms with Crippen LogP contribution in [0.5, 0.6) is 5.75 Å². The van der Waals surface area contributed by atoms with Crippen molar-refractivity contribution in [2.24, 2.45) is 0 Å². The first-order valence-corrected chi connectivity index (χ1v) is 6.04. The molecule has 92 valence electrons. The number of pyridine rings is 1. The summed E-state index contributed by atoms with van der Waals surface area (Å²) in [7, 11) is 0. The predicted molar refractivity (Wildman–Crippen MR) is 74.6 cm³/mol. The molecule has 18 heavy (non-hydrogen) atoms. The Labute approximate surface area is 108 Å².